The number of anilines is 1. The number of aromatic nitrogens is 2. The van der Waals surface area contributed by atoms with Gasteiger partial charge in [-0.2, -0.15) is 0 Å². The highest BCUT2D eigenvalue weighted by Gasteiger charge is 2.23. The number of pyridine rings is 1. The van der Waals surface area contributed by atoms with E-state index in [1.165, 1.54) is 18.3 Å². The molecular formula is C14H9FIN3O2. The van der Waals surface area contributed by atoms with Crippen LogP contribution in [-0.2, 0) is 0 Å². The van der Waals surface area contributed by atoms with E-state index in [-0.39, 0.29) is 11.3 Å². The minimum Gasteiger partial charge on any atom is -0.507 e. The Labute approximate surface area is 132 Å². The second-order valence-electron chi connectivity index (χ2n) is 4.44. The van der Waals surface area contributed by atoms with Gasteiger partial charge in [-0.05, 0) is 40.8 Å². The molecule has 0 radical (unpaired) electrons. The number of ketones is 1. The van der Waals surface area contributed by atoms with Gasteiger partial charge in [0.25, 0.3) is 0 Å². The Bertz CT molecular complexity index is 876. The van der Waals surface area contributed by atoms with Crippen LogP contribution >= 0.6 is 22.6 Å². The van der Waals surface area contributed by atoms with Crippen molar-refractivity contribution in [2.75, 3.05) is 5.73 Å². The van der Waals surface area contributed by atoms with Crippen molar-refractivity contribution < 1.29 is 14.3 Å². The van der Waals surface area contributed by atoms with Crippen LogP contribution in [0.25, 0.3) is 11.0 Å². The first-order chi connectivity index (χ1) is 9.99. The van der Waals surface area contributed by atoms with E-state index < -0.39 is 22.9 Å². The van der Waals surface area contributed by atoms with Crippen LogP contribution in [0.5, 0.6) is 5.75 Å². The third-order valence-corrected chi connectivity index (χ3v) is 3.71. The molecule has 0 amide bonds. The number of aromatic hydroxyl groups is 1. The highest BCUT2D eigenvalue weighted by atomic mass is 127. The van der Waals surface area contributed by atoms with Crippen molar-refractivity contribution in [2.45, 2.75) is 0 Å². The molecule has 0 aliphatic carbocycles. The number of phenolic OH excluding ortho intramolecular Hbond substituents is 1. The molecule has 0 spiro atoms. The van der Waals surface area contributed by atoms with Gasteiger partial charge in [-0.1, -0.05) is 0 Å². The lowest BCUT2D eigenvalue weighted by Gasteiger charge is -2.06. The zero-order chi connectivity index (χ0) is 15.1. The van der Waals surface area contributed by atoms with Crippen LogP contribution in [-0.4, -0.2) is 20.9 Å². The standard InChI is InChI=1S/C14H9FIN3O2/c15-12-9(17)1-2-10(20)11(12)13(21)8-5-19-14-7(8)3-6(16)4-18-14/h1-5,20H,17H2,(H,18,19). The predicted molar refractivity (Wildman–Crippen MR) is 84.7 cm³/mol. The summed E-state index contributed by atoms with van der Waals surface area (Å²) in [7, 11) is 0. The Morgan fingerprint density at radius 2 is 2.19 bits per heavy atom. The van der Waals surface area contributed by atoms with Crippen LogP contribution in [0.3, 0.4) is 0 Å². The van der Waals surface area contributed by atoms with Gasteiger partial charge in [0.05, 0.1) is 5.69 Å². The number of benzene rings is 1. The summed E-state index contributed by atoms with van der Waals surface area (Å²) in [6.07, 6.45) is 3.09. The minimum atomic E-state index is -0.923. The second kappa shape index (κ2) is 4.99. The minimum absolute atomic E-state index is 0.191. The predicted octanol–water partition coefficient (Wildman–Crippen LogP) is 2.83. The number of aromatic amines is 1. The van der Waals surface area contributed by atoms with Gasteiger partial charge in [0.1, 0.15) is 17.0 Å². The SMILES string of the molecule is Nc1ccc(O)c(C(=O)c2c[nH]c3ncc(I)cc23)c1F. The Balaban J connectivity index is 2.22. The number of nitrogens with two attached hydrogens (primary N) is 1. The number of nitrogens with zero attached hydrogens (tertiary/aromatic N) is 1. The Kier molecular flexibility index (Phi) is 3.28. The van der Waals surface area contributed by atoms with Crippen LogP contribution in [0, 0.1) is 9.39 Å². The van der Waals surface area contributed by atoms with E-state index in [9.17, 15) is 14.3 Å². The van der Waals surface area contributed by atoms with Crippen molar-refractivity contribution in [1.82, 2.24) is 9.97 Å². The van der Waals surface area contributed by atoms with E-state index in [0.717, 1.165) is 3.57 Å². The van der Waals surface area contributed by atoms with Gasteiger partial charge in [0.2, 0.25) is 5.78 Å². The van der Waals surface area contributed by atoms with Crippen LogP contribution in [0.4, 0.5) is 10.1 Å². The molecule has 2 aromatic heterocycles. The van der Waals surface area contributed by atoms with E-state index in [1.807, 2.05) is 0 Å². The van der Waals surface area contributed by atoms with Gasteiger partial charge < -0.3 is 15.8 Å². The fourth-order valence-corrected chi connectivity index (χ4v) is 2.55. The number of carbonyl (C=O) groups is 1. The third kappa shape index (κ3) is 2.23. The maximum Gasteiger partial charge on any atom is 0.202 e. The van der Waals surface area contributed by atoms with Gasteiger partial charge in [0.15, 0.2) is 5.82 Å². The molecule has 0 unspecified atom stereocenters. The highest BCUT2D eigenvalue weighted by Crippen LogP contribution is 2.29. The topological polar surface area (TPSA) is 92.0 Å². The average Bonchev–Trinajstić information content (AvgIpc) is 2.86. The number of fused-ring (bicyclic) bond motifs is 1. The first kappa shape index (κ1) is 13.8. The number of nitrogens with one attached hydrogen (secondary N) is 1. The summed E-state index contributed by atoms with van der Waals surface area (Å²) in [5.74, 6) is -2.01. The van der Waals surface area contributed by atoms with E-state index in [2.05, 4.69) is 32.6 Å². The van der Waals surface area contributed by atoms with Gasteiger partial charge in [-0.3, -0.25) is 4.79 Å². The molecule has 0 fully saturated rings. The maximum atomic E-state index is 14.1. The zero-order valence-electron chi connectivity index (χ0n) is 10.5. The summed E-state index contributed by atoms with van der Waals surface area (Å²) >= 11 is 2.07. The molecule has 1 aromatic carbocycles. The molecule has 0 saturated carbocycles. The number of halogens is 2. The third-order valence-electron chi connectivity index (χ3n) is 3.12. The molecule has 106 valence electrons. The van der Waals surface area contributed by atoms with Crippen molar-refractivity contribution in [2.24, 2.45) is 0 Å². The first-order valence-corrected chi connectivity index (χ1v) is 7.01. The first-order valence-electron chi connectivity index (χ1n) is 5.93. The van der Waals surface area contributed by atoms with Gasteiger partial charge >= 0.3 is 0 Å². The summed E-state index contributed by atoms with van der Waals surface area (Å²) in [4.78, 5) is 19.5. The molecule has 0 aliphatic heterocycles. The molecule has 4 N–H and O–H groups in total. The van der Waals surface area contributed by atoms with Crippen molar-refractivity contribution in [1.29, 1.82) is 0 Å². The number of hydrogen-bond acceptors (Lipinski definition) is 4. The summed E-state index contributed by atoms with van der Waals surface area (Å²) in [5.41, 5.74) is 5.58. The quantitative estimate of drug-likeness (QED) is 0.269. The number of rotatable bonds is 2. The molecule has 3 aromatic rings. The lowest BCUT2D eigenvalue weighted by atomic mass is 10.0. The molecule has 0 bridgehead atoms. The van der Waals surface area contributed by atoms with Crippen LogP contribution < -0.4 is 5.73 Å². The lowest BCUT2D eigenvalue weighted by Crippen LogP contribution is -2.06. The smallest absolute Gasteiger partial charge is 0.202 e. The molecule has 21 heavy (non-hydrogen) atoms. The molecule has 0 atom stereocenters. The van der Waals surface area contributed by atoms with E-state index in [4.69, 9.17) is 5.73 Å². The Morgan fingerprint density at radius 1 is 1.43 bits per heavy atom. The van der Waals surface area contributed by atoms with E-state index >= 15 is 0 Å². The van der Waals surface area contributed by atoms with Crippen LogP contribution in [0.2, 0.25) is 0 Å². The molecule has 3 rings (SSSR count). The number of carbonyl (C=O) groups excluding carboxylic acids is 1. The average molecular weight is 397 g/mol. The maximum absolute atomic E-state index is 14.1. The summed E-state index contributed by atoms with van der Waals surface area (Å²) < 4.78 is 14.9. The van der Waals surface area contributed by atoms with Crippen molar-refractivity contribution >= 4 is 45.1 Å². The van der Waals surface area contributed by atoms with Crippen LogP contribution in [0.15, 0.2) is 30.6 Å². The Hall–Kier alpha value is -2.16. The van der Waals surface area contributed by atoms with E-state index in [0.29, 0.717) is 11.0 Å². The van der Waals surface area contributed by atoms with Gasteiger partial charge in [-0.15, -0.1) is 0 Å². The van der Waals surface area contributed by atoms with E-state index in [1.54, 1.807) is 12.3 Å². The van der Waals surface area contributed by atoms with Gasteiger partial charge in [-0.25, -0.2) is 9.37 Å². The number of phenols is 1. The van der Waals surface area contributed by atoms with Gasteiger partial charge in [0, 0.05) is 26.9 Å². The fourth-order valence-electron chi connectivity index (χ4n) is 2.10. The normalized spacial score (nSPS) is 11.0. The fraction of sp³-hybridized carbons (Fsp3) is 0. The summed E-state index contributed by atoms with van der Waals surface area (Å²) in [6, 6.07) is 4.16. The lowest BCUT2D eigenvalue weighted by molar-refractivity contribution is 0.103. The summed E-state index contributed by atoms with van der Waals surface area (Å²) in [6.45, 7) is 0. The molecular weight excluding hydrogens is 388 g/mol. The molecule has 5 nitrogen and oxygen atoms in total. The molecule has 0 aliphatic rings. The highest BCUT2D eigenvalue weighted by molar-refractivity contribution is 14.1. The molecule has 7 heteroatoms. The van der Waals surface area contributed by atoms with Crippen molar-refractivity contribution in [3.63, 3.8) is 0 Å². The molecule has 2 heterocycles. The number of H-pyrrole nitrogens is 1. The zero-order valence-corrected chi connectivity index (χ0v) is 12.7. The largest absolute Gasteiger partial charge is 0.507 e. The number of nitrogen functional groups attached to an aromatic ring is 1. The summed E-state index contributed by atoms with van der Waals surface area (Å²) in [5, 5.41) is 10.3. The monoisotopic (exact) mass is 397 g/mol. The van der Waals surface area contributed by atoms with Crippen molar-refractivity contribution in [3.8, 4) is 5.75 Å². The van der Waals surface area contributed by atoms with Crippen LogP contribution in [0.1, 0.15) is 15.9 Å². The Morgan fingerprint density at radius 3 is 2.95 bits per heavy atom. The number of hydrogen-bond donors (Lipinski definition) is 3. The van der Waals surface area contributed by atoms with Crippen molar-refractivity contribution in [3.05, 3.63) is 51.1 Å². The second-order valence-corrected chi connectivity index (χ2v) is 5.69. The molecule has 0 saturated heterocycles.